The van der Waals surface area contributed by atoms with Crippen LogP contribution in [0.25, 0.3) is 0 Å². The topological polar surface area (TPSA) is 49.2 Å². The molecule has 1 aromatic heterocycles. The summed E-state index contributed by atoms with van der Waals surface area (Å²) >= 11 is 1.53. The zero-order valence-electron chi connectivity index (χ0n) is 15.6. The summed E-state index contributed by atoms with van der Waals surface area (Å²) in [6.45, 7) is 4.71. The Kier molecular flexibility index (Phi) is 6.34. The highest BCUT2D eigenvalue weighted by Crippen LogP contribution is 2.27. The van der Waals surface area contributed by atoms with E-state index in [0.29, 0.717) is 5.75 Å². The Labute approximate surface area is 162 Å². The number of aromatic nitrogens is 3. The van der Waals surface area contributed by atoms with Gasteiger partial charge in [-0.3, -0.25) is 0 Å². The monoisotopic (exact) mass is 387 g/mol. The maximum atomic E-state index is 13.3. The van der Waals surface area contributed by atoms with Crippen molar-refractivity contribution in [1.29, 1.82) is 0 Å². The van der Waals surface area contributed by atoms with Crippen molar-refractivity contribution in [2.24, 2.45) is 0 Å². The van der Waals surface area contributed by atoms with Crippen LogP contribution < -0.4 is 9.47 Å². The van der Waals surface area contributed by atoms with Crippen LogP contribution in [0.3, 0.4) is 0 Å². The molecule has 0 aliphatic carbocycles. The molecule has 0 amide bonds. The Balaban J connectivity index is 1.70. The van der Waals surface area contributed by atoms with Crippen molar-refractivity contribution in [1.82, 2.24) is 14.8 Å². The molecule has 0 saturated carbocycles. The maximum Gasteiger partial charge on any atom is 0.191 e. The smallest absolute Gasteiger partial charge is 0.191 e. The summed E-state index contributed by atoms with van der Waals surface area (Å²) < 4.78 is 26.5. The summed E-state index contributed by atoms with van der Waals surface area (Å²) in [6.07, 6.45) is -0.255. The van der Waals surface area contributed by atoms with Crippen LogP contribution in [0.2, 0.25) is 0 Å². The number of rotatable bonds is 8. The quantitative estimate of drug-likeness (QED) is 0.516. The van der Waals surface area contributed by atoms with Gasteiger partial charge in [-0.25, -0.2) is 4.39 Å². The molecule has 1 atom stereocenters. The summed E-state index contributed by atoms with van der Waals surface area (Å²) in [5.74, 6) is 2.68. The van der Waals surface area contributed by atoms with E-state index in [2.05, 4.69) is 10.2 Å². The van der Waals surface area contributed by atoms with Crippen LogP contribution in [-0.4, -0.2) is 21.9 Å². The minimum Gasteiger partial charge on any atom is -0.497 e. The zero-order valence-corrected chi connectivity index (χ0v) is 16.4. The third-order valence-electron chi connectivity index (χ3n) is 4.05. The predicted molar refractivity (Wildman–Crippen MR) is 104 cm³/mol. The molecule has 0 radical (unpaired) electrons. The van der Waals surface area contributed by atoms with Crippen LogP contribution in [0, 0.1) is 5.82 Å². The molecule has 0 N–H and O–H groups in total. The summed E-state index contributed by atoms with van der Waals surface area (Å²) in [6, 6.07) is 14.0. The second-order valence-electron chi connectivity index (χ2n) is 5.94. The molecule has 142 valence electrons. The zero-order chi connectivity index (χ0) is 19.2. The maximum absolute atomic E-state index is 13.3. The van der Waals surface area contributed by atoms with Gasteiger partial charge >= 0.3 is 0 Å². The van der Waals surface area contributed by atoms with Gasteiger partial charge in [-0.05, 0) is 55.8 Å². The highest BCUT2D eigenvalue weighted by molar-refractivity contribution is 7.98. The van der Waals surface area contributed by atoms with E-state index in [0.717, 1.165) is 34.6 Å². The molecule has 0 aliphatic rings. The van der Waals surface area contributed by atoms with Gasteiger partial charge in [-0.2, -0.15) is 0 Å². The van der Waals surface area contributed by atoms with E-state index in [1.807, 2.05) is 48.7 Å². The molecule has 5 nitrogen and oxygen atoms in total. The number of hydrogen-bond donors (Lipinski definition) is 0. The summed E-state index contributed by atoms with van der Waals surface area (Å²) in [7, 11) is 1.63. The lowest BCUT2D eigenvalue weighted by molar-refractivity contribution is 0.209. The Morgan fingerprint density at radius 2 is 1.85 bits per heavy atom. The van der Waals surface area contributed by atoms with Crippen LogP contribution in [0.1, 0.15) is 31.3 Å². The fourth-order valence-electron chi connectivity index (χ4n) is 2.69. The van der Waals surface area contributed by atoms with E-state index in [1.54, 1.807) is 13.2 Å². The fourth-order valence-corrected chi connectivity index (χ4v) is 3.64. The molecule has 1 unspecified atom stereocenters. The fraction of sp³-hybridized carbons (Fsp3) is 0.300. The molecule has 27 heavy (non-hydrogen) atoms. The Hall–Kier alpha value is -2.54. The number of thioether (sulfide) groups is 1. The molecule has 0 bridgehead atoms. The van der Waals surface area contributed by atoms with Gasteiger partial charge in [0.05, 0.1) is 7.11 Å². The van der Waals surface area contributed by atoms with Crippen LogP contribution >= 0.6 is 11.8 Å². The van der Waals surface area contributed by atoms with Crippen LogP contribution in [0.15, 0.2) is 53.7 Å². The van der Waals surface area contributed by atoms with Gasteiger partial charge in [0.15, 0.2) is 17.1 Å². The van der Waals surface area contributed by atoms with Crippen LogP contribution in [0.4, 0.5) is 4.39 Å². The van der Waals surface area contributed by atoms with E-state index in [-0.39, 0.29) is 11.9 Å². The van der Waals surface area contributed by atoms with Gasteiger partial charge in [0.25, 0.3) is 0 Å². The van der Waals surface area contributed by atoms with Gasteiger partial charge in [-0.1, -0.05) is 23.9 Å². The molecule has 0 spiro atoms. The molecule has 0 aliphatic heterocycles. The highest BCUT2D eigenvalue weighted by Gasteiger charge is 2.19. The van der Waals surface area contributed by atoms with Gasteiger partial charge in [-0.15, -0.1) is 10.2 Å². The largest absolute Gasteiger partial charge is 0.497 e. The lowest BCUT2D eigenvalue weighted by Crippen LogP contribution is -2.12. The van der Waals surface area contributed by atoms with Crippen LogP contribution in [-0.2, 0) is 12.3 Å². The first-order chi connectivity index (χ1) is 13.1. The van der Waals surface area contributed by atoms with Crippen molar-refractivity contribution in [3.05, 3.63) is 65.7 Å². The standard InChI is InChI=1S/C20H22FN3O2S/c1-4-24-19(14(2)26-18-10-8-17(25-3)9-11-18)22-23-20(24)27-13-15-6-5-7-16(21)12-15/h5-12,14H,4,13H2,1-3H3. The molecule has 0 fully saturated rings. The van der Waals surface area contributed by atoms with E-state index in [1.165, 1.54) is 23.9 Å². The second-order valence-corrected chi connectivity index (χ2v) is 6.88. The van der Waals surface area contributed by atoms with Crippen molar-refractivity contribution in [2.45, 2.75) is 37.4 Å². The average molecular weight is 387 g/mol. The van der Waals surface area contributed by atoms with Gasteiger partial charge in [0.1, 0.15) is 17.3 Å². The molecule has 1 heterocycles. The molecule has 3 aromatic rings. The molecule has 2 aromatic carbocycles. The van der Waals surface area contributed by atoms with E-state index >= 15 is 0 Å². The third kappa shape index (κ3) is 4.80. The Bertz CT molecular complexity index is 883. The minimum atomic E-state index is -0.255. The van der Waals surface area contributed by atoms with Crippen molar-refractivity contribution in [3.8, 4) is 11.5 Å². The number of hydrogen-bond acceptors (Lipinski definition) is 5. The Morgan fingerprint density at radius 1 is 1.11 bits per heavy atom. The lowest BCUT2D eigenvalue weighted by atomic mass is 10.2. The summed E-state index contributed by atoms with van der Waals surface area (Å²) in [4.78, 5) is 0. The summed E-state index contributed by atoms with van der Waals surface area (Å²) in [5.41, 5.74) is 0.912. The summed E-state index contributed by atoms with van der Waals surface area (Å²) in [5, 5.41) is 9.41. The molecule has 3 rings (SSSR count). The van der Waals surface area contributed by atoms with Crippen molar-refractivity contribution in [2.75, 3.05) is 7.11 Å². The molecular weight excluding hydrogens is 365 g/mol. The van der Waals surface area contributed by atoms with Crippen molar-refractivity contribution in [3.63, 3.8) is 0 Å². The molecule has 7 heteroatoms. The first-order valence-electron chi connectivity index (χ1n) is 8.71. The third-order valence-corrected chi connectivity index (χ3v) is 5.09. The molecule has 0 saturated heterocycles. The lowest BCUT2D eigenvalue weighted by Gasteiger charge is -2.16. The van der Waals surface area contributed by atoms with Gasteiger partial charge in [0.2, 0.25) is 0 Å². The van der Waals surface area contributed by atoms with Crippen molar-refractivity contribution < 1.29 is 13.9 Å². The average Bonchev–Trinajstić information content (AvgIpc) is 3.10. The second kappa shape index (κ2) is 8.90. The number of halogens is 1. The number of nitrogens with zero attached hydrogens (tertiary/aromatic N) is 3. The minimum absolute atomic E-state index is 0.229. The van der Waals surface area contributed by atoms with E-state index in [9.17, 15) is 4.39 Å². The van der Waals surface area contributed by atoms with E-state index < -0.39 is 0 Å². The Morgan fingerprint density at radius 3 is 2.52 bits per heavy atom. The number of methoxy groups -OCH3 is 1. The first kappa shape index (κ1) is 19.2. The first-order valence-corrected chi connectivity index (χ1v) is 9.70. The number of ether oxygens (including phenoxy) is 2. The highest BCUT2D eigenvalue weighted by atomic mass is 32.2. The van der Waals surface area contributed by atoms with E-state index in [4.69, 9.17) is 9.47 Å². The number of benzene rings is 2. The predicted octanol–water partition coefficient (Wildman–Crippen LogP) is 4.88. The van der Waals surface area contributed by atoms with Crippen molar-refractivity contribution >= 4 is 11.8 Å². The van der Waals surface area contributed by atoms with Gasteiger partial charge in [0, 0.05) is 12.3 Å². The van der Waals surface area contributed by atoms with Crippen LogP contribution in [0.5, 0.6) is 11.5 Å². The SMILES string of the molecule is CCn1c(SCc2cccc(F)c2)nnc1C(C)Oc1ccc(OC)cc1. The van der Waals surface area contributed by atoms with Gasteiger partial charge < -0.3 is 14.0 Å². The molecular formula is C20H22FN3O2S. The normalized spacial score (nSPS) is 12.0.